The van der Waals surface area contributed by atoms with Crippen molar-refractivity contribution < 1.29 is 0 Å². The Hall–Kier alpha value is -0.380. The first-order valence-corrected chi connectivity index (χ1v) is 5.13. The highest BCUT2D eigenvalue weighted by Crippen LogP contribution is 2.24. The maximum Gasteiger partial charge on any atom is 0.0392 e. The minimum atomic E-state index is 0.188. The second kappa shape index (κ2) is 4.60. The summed E-state index contributed by atoms with van der Waals surface area (Å²) in [4.78, 5) is 1.31. The SMILES string of the molecule is Cc1ccsc1C(N)CCCN. The second-order valence-electron chi connectivity index (χ2n) is 3.01. The van der Waals surface area contributed by atoms with Gasteiger partial charge in [0.15, 0.2) is 0 Å². The average Bonchev–Trinajstić information content (AvgIpc) is 2.47. The van der Waals surface area contributed by atoms with Crippen molar-refractivity contribution in [3.05, 3.63) is 21.9 Å². The van der Waals surface area contributed by atoms with Crippen molar-refractivity contribution in [2.24, 2.45) is 11.5 Å². The van der Waals surface area contributed by atoms with Gasteiger partial charge in [0.1, 0.15) is 0 Å². The fourth-order valence-electron chi connectivity index (χ4n) is 1.23. The van der Waals surface area contributed by atoms with Gasteiger partial charge in [0.2, 0.25) is 0 Å². The van der Waals surface area contributed by atoms with Gasteiger partial charge in [-0.05, 0) is 43.3 Å². The van der Waals surface area contributed by atoms with Crippen LogP contribution in [0.25, 0.3) is 0 Å². The van der Waals surface area contributed by atoms with Crippen molar-refractivity contribution in [1.29, 1.82) is 0 Å². The molecule has 4 N–H and O–H groups in total. The van der Waals surface area contributed by atoms with Crippen molar-refractivity contribution in [3.63, 3.8) is 0 Å². The van der Waals surface area contributed by atoms with E-state index in [1.807, 2.05) is 0 Å². The van der Waals surface area contributed by atoms with Gasteiger partial charge in [-0.25, -0.2) is 0 Å². The Balaban J connectivity index is 2.52. The molecule has 0 fully saturated rings. The van der Waals surface area contributed by atoms with E-state index in [0.717, 1.165) is 19.4 Å². The molecule has 0 saturated heterocycles. The minimum Gasteiger partial charge on any atom is -0.330 e. The van der Waals surface area contributed by atoms with Gasteiger partial charge in [-0.1, -0.05) is 0 Å². The molecule has 0 spiro atoms. The number of hydrogen-bond acceptors (Lipinski definition) is 3. The van der Waals surface area contributed by atoms with Gasteiger partial charge in [0.25, 0.3) is 0 Å². The first-order chi connectivity index (χ1) is 5.75. The van der Waals surface area contributed by atoms with E-state index in [-0.39, 0.29) is 6.04 Å². The van der Waals surface area contributed by atoms with Crippen LogP contribution in [0.4, 0.5) is 0 Å². The highest BCUT2D eigenvalue weighted by molar-refractivity contribution is 7.10. The molecular formula is C9H16N2S. The lowest BCUT2D eigenvalue weighted by Gasteiger charge is -2.09. The molecule has 1 heterocycles. The third-order valence-corrected chi connectivity index (χ3v) is 3.11. The van der Waals surface area contributed by atoms with E-state index in [1.165, 1.54) is 10.4 Å². The third kappa shape index (κ3) is 2.30. The fourth-order valence-corrected chi connectivity index (χ4v) is 2.20. The molecule has 0 amide bonds. The molecule has 12 heavy (non-hydrogen) atoms. The summed E-state index contributed by atoms with van der Waals surface area (Å²) in [7, 11) is 0. The van der Waals surface area contributed by atoms with E-state index in [0.29, 0.717) is 0 Å². The predicted molar refractivity (Wildman–Crippen MR) is 54.3 cm³/mol. The molecule has 0 aliphatic heterocycles. The Labute approximate surface area is 77.6 Å². The molecular weight excluding hydrogens is 168 g/mol. The Morgan fingerprint density at radius 3 is 2.83 bits per heavy atom. The van der Waals surface area contributed by atoms with Crippen molar-refractivity contribution >= 4 is 11.3 Å². The number of hydrogen-bond donors (Lipinski definition) is 2. The van der Waals surface area contributed by atoms with E-state index in [1.54, 1.807) is 11.3 Å². The lowest BCUT2D eigenvalue weighted by Crippen LogP contribution is -2.11. The molecule has 0 aliphatic rings. The van der Waals surface area contributed by atoms with Crippen LogP contribution in [0.1, 0.15) is 29.3 Å². The summed E-state index contributed by atoms with van der Waals surface area (Å²) >= 11 is 1.74. The summed E-state index contributed by atoms with van der Waals surface area (Å²) in [6, 6.07) is 2.30. The zero-order chi connectivity index (χ0) is 8.97. The van der Waals surface area contributed by atoms with Crippen molar-refractivity contribution in [3.8, 4) is 0 Å². The number of aryl methyl sites for hydroxylation is 1. The standard InChI is InChI=1S/C9H16N2S/c1-7-4-6-12-9(7)8(11)3-2-5-10/h4,6,8H,2-3,5,10-11H2,1H3. The molecule has 0 radical (unpaired) electrons. The smallest absolute Gasteiger partial charge is 0.0392 e. The molecule has 0 bridgehead atoms. The molecule has 2 nitrogen and oxygen atoms in total. The molecule has 1 atom stereocenters. The maximum atomic E-state index is 5.98. The Bertz CT molecular complexity index is 232. The van der Waals surface area contributed by atoms with Crippen molar-refractivity contribution in [1.82, 2.24) is 0 Å². The van der Waals surface area contributed by atoms with Crippen LogP contribution in [-0.2, 0) is 0 Å². The second-order valence-corrected chi connectivity index (χ2v) is 3.95. The Morgan fingerprint density at radius 1 is 1.58 bits per heavy atom. The van der Waals surface area contributed by atoms with E-state index in [4.69, 9.17) is 11.5 Å². The lowest BCUT2D eigenvalue weighted by atomic mass is 10.1. The maximum absolute atomic E-state index is 5.98. The first kappa shape index (κ1) is 9.71. The van der Waals surface area contributed by atoms with Crippen molar-refractivity contribution in [2.75, 3.05) is 6.54 Å². The van der Waals surface area contributed by atoms with E-state index < -0.39 is 0 Å². The Morgan fingerprint density at radius 2 is 2.33 bits per heavy atom. The van der Waals surface area contributed by atoms with Gasteiger partial charge in [-0.15, -0.1) is 11.3 Å². The van der Waals surface area contributed by atoms with Crippen LogP contribution in [0.5, 0.6) is 0 Å². The molecule has 68 valence electrons. The highest BCUT2D eigenvalue weighted by atomic mass is 32.1. The molecule has 1 aromatic rings. The molecule has 1 unspecified atom stereocenters. The van der Waals surface area contributed by atoms with Crippen LogP contribution in [0, 0.1) is 6.92 Å². The summed E-state index contributed by atoms with van der Waals surface area (Å²) in [6.07, 6.45) is 2.01. The molecule has 1 aromatic heterocycles. The molecule has 3 heteroatoms. The highest BCUT2D eigenvalue weighted by Gasteiger charge is 2.08. The summed E-state index contributed by atoms with van der Waals surface area (Å²) in [5.74, 6) is 0. The average molecular weight is 184 g/mol. The van der Waals surface area contributed by atoms with Crippen LogP contribution in [0.15, 0.2) is 11.4 Å². The number of rotatable bonds is 4. The summed E-state index contributed by atoms with van der Waals surface area (Å²) in [5.41, 5.74) is 12.7. The van der Waals surface area contributed by atoms with Crippen LogP contribution < -0.4 is 11.5 Å². The van der Waals surface area contributed by atoms with E-state index in [2.05, 4.69) is 18.4 Å². The fraction of sp³-hybridized carbons (Fsp3) is 0.556. The molecule has 0 aliphatic carbocycles. The number of thiophene rings is 1. The lowest BCUT2D eigenvalue weighted by molar-refractivity contribution is 0.624. The minimum absolute atomic E-state index is 0.188. The Kier molecular flexibility index (Phi) is 3.72. The van der Waals surface area contributed by atoms with Gasteiger partial charge in [0, 0.05) is 10.9 Å². The summed E-state index contributed by atoms with van der Waals surface area (Å²) < 4.78 is 0. The van der Waals surface area contributed by atoms with Gasteiger partial charge in [0.05, 0.1) is 0 Å². The van der Waals surface area contributed by atoms with Gasteiger partial charge < -0.3 is 11.5 Å². The van der Waals surface area contributed by atoms with Gasteiger partial charge in [-0.3, -0.25) is 0 Å². The monoisotopic (exact) mass is 184 g/mol. The van der Waals surface area contributed by atoms with Crippen LogP contribution in [0.3, 0.4) is 0 Å². The summed E-state index contributed by atoms with van der Waals surface area (Å²) in [5, 5.41) is 2.09. The van der Waals surface area contributed by atoms with Crippen molar-refractivity contribution in [2.45, 2.75) is 25.8 Å². The quantitative estimate of drug-likeness (QED) is 0.749. The van der Waals surface area contributed by atoms with Gasteiger partial charge in [-0.2, -0.15) is 0 Å². The topological polar surface area (TPSA) is 52.0 Å². The van der Waals surface area contributed by atoms with Gasteiger partial charge >= 0.3 is 0 Å². The van der Waals surface area contributed by atoms with Crippen LogP contribution in [-0.4, -0.2) is 6.54 Å². The largest absolute Gasteiger partial charge is 0.330 e. The van der Waals surface area contributed by atoms with Crippen LogP contribution in [0.2, 0.25) is 0 Å². The van der Waals surface area contributed by atoms with Crippen LogP contribution >= 0.6 is 11.3 Å². The molecule has 0 aromatic carbocycles. The molecule has 1 rings (SSSR count). The molecule has 0 saturated carbocycles. The first-order valence-electron chi connectivity index (χ1n) is 4.25. The van der Waals surface area contributed by atoms with E-state index >= 15 is 0 Å². The summed E-state index contributed by atoms with van der Waals surface area (Å²) in [6.45, 7) is 2.84. The normalized spacial score (nSPS) is 13.2. The zero-order valence-corrected chi connectivity index (χ0v) is 8.23. The predicted octanol–water partition coefficient (Wildman–Crippen LogP) is 1.80. The zero-order valence-electron chi connectivity index (χ0n) is 7.42. The van der Waals surface area contributed by atoms with E-state index in [9.17, 15) is 0 Å². The number of nitrogens with two attached hydrogens (primary N) is 2. The third-order valence-electron chi connectivity index (χ3n) is 1.96.